The molecule has 0 saturated carbocycles. The first kappa shape index (κ1) is 16.4. The molecule has 0 aliphatic rings. The second-order valence-corrected chi connectivity index (χ2v) is 6.21. The molecule has 0 bridgehead atoms. The molecule has 120 valence electrons. The summed E-state index contributed by atoms with van der Waals surface area (Å²) in [7, 11) is -1.59. The number of carbonyl (C=O) groups is 1. The van der Waals surface area contributed by atoms with Crippen molar-refractivity contribution in [2.45, 2.75) is 0 Å². The molecule has 0 radical (unpaired) electrons. The first-order valence-electron chi connectivity index (χ1n) is 7.16. The van der Waals surface area contributed by atoms with Crippen molar-refractivity contribution >= 4 is 35.5 Å². The average Bonchev–Trinajstić information content (AvgIpc) is 3.06. The van der Waals surface area contributed by atoms with Crippen molar-refractivity contribution in [1.29, 1.82) is 0 Å². The summed E-state index contributed by atoms with van der Waals surface area (Å²) in [4.78, 5) is 13.7. The lowest BCUT2D eigenvalue weighted by Gasteiger charge is -2.06. The summed E-state index contributed by atoms with van der Waals surface area (Å²) in [5, 5.41) is 21.0. The Morgan fingerprint density at radius 1 is 1.04 bits per heavy atom. The number of rotatable bonds is 4. The van der Waals surface area contributed by atoms with E-state index >= 15 is 0 Å². The molecule has 1 heterocycles. The van der Waals surface area contributed by atoms with Gasteiger partial charge in [-0.05, 0) is 47.4 Å². The van der Waals surface area contributed by atoms with Gasteiger partial charge in [0.15, 0.2) is 0 Å². The van der Waals surface area contributed by atoms with Gasteiger partial charge in [-0.3, -0.25) is 4.79 Å². The number of hydrogen-bond acceptors (Lipinski definition) is 4. The van der Waals surface area contributed by atoms with E-state index in [1.807, 2.05) is 0 Å². The third-order valence-corrected chi connectivity index (χ3v) is 4.53. The smallest absolute Gasteiger partial charge is 0.423 e. The zero-order valence-electron chi connectivity index (χ0n) is 12.4. The van der Waals surface area contributed by atoms with Crippen LogP contribution in [0.3, 0.4) is 0 Å². The fourth-order valence-electron chi connectivity index (χ4n) is 2.20. The molecule has 2 aromatic carbocycles. The molecule has 0 aliphatic carbocycles. The van der Waals surface area contributed by atoms with Crippen molar-refractivity contribution in [3.05, 3.63) is 71.4 Å². The van der Waals surface area contributed by atoms with Crippen LogP contribution in [0.1, 0.15) is 9.67 Å². The van der Waals surface area contributed by atoms with Crippen LogP contribution < -0.4 is 10.8 Å². The topological polar surface area (TPSA) is 69.6 Å². The van der Waals surface area contributed by atoms with E-state index in [1.165, 1.54) is 29.5 Å². The first-order valence-corrected chi connectivity index (χ1v) is 7.98. The summed E-state index contributed by atoms with van der Waals surface area (Å²) >= 11 is 1.30. The molecule has 7 heteroatoms. The fourth-order valence-corrected chi connectivity index (χ4v) is 3.11. The Bertz CT molecular complexity index is 864. The van der Waals surface area contributed by atoms with Gasteiger partial charge in [0.05, 0.1) is 4.88 Å². The lowest BCUT2D eigenvalue weighted by atomic mass is 9.80. The highest BCUT2D eigenvalue weighted by Crippen LogP contribution is 2.28. The summed E-state index contributed by atoms with van der Waals surface area (Å²) in [6.07, 6.45) is 0. The summed E-state index contributed by atoms with van der Waals surface area (Å²) in [6, 6.07) is 15.9. The number of nitrogens with one attached hydrogen (secondary N) is 1. The Morgan fingerprint density at radius 2 is 1.79 bits per heavy atom. The fraction of sp³-hybridized carbons (Fsp3) is 0. The third-order valence-electron chi connectivity index (χ3n) is 3.40. The second kappa shape index (κ2) is 6.96. The Labute approximate surface area is 142 Å². The monoisotopic (exact) mass is 341 g/mol. The van der Waals surface area contributed by atoms with Gasteiger partial charge in [0.1, 0.15) is 5.82 Å². The van der Waals surface area contributed by atoms with Gasteiger partial charge in [-0.1, -0.05) is 24.3 Å². The van der Waals surface area contributed by atoms with E-state index in [0.717, 1.165) is 10.4 Å². The molecule has 24 heavy (non-hydrogen) atoms. The highest BCUT2D eigenvalue weighted by molar-refractivity contribution is 7.17. The molecule has 0 atom stereocenters. The van der Waals surface area contributed by atoms with Gasteiger partial charge in [-0.15, -0.1) is 11.3 Å². The number of hydrogen-bond donors (Lipinski definition) is 3. The van der Waals surface area contributed by atoms with E-state index in [2.05, 4.69) is 5.32 Å². The summed E-state index contributed by atoms with van der Waals surface area (Å²) in [5.41, 5.74) is 1.61. The number of carbonyl (C=O) groups excluding carboxylic acids is 1. The molecule has 0 aliphatic heterocycles. The van der Waals surface area contributed by atoms with Crippen molar-refractivity contribution in [2.24, 2.45) is 0 Å². The molecule has 1 amide bonds. The van der Waals surface area contributed by atoms with Gasteiger partial charge in [-0.25, -0.2) is 4.39 Å². The van der Waals surface area contributed by atoms with Crippen LogP contribution in [0.4, 0.5) is 10.1 Å². The van der Waals surface area contributed by atoms with Crippen LogP contribution in [0.25, 0.3) is 10.4 Å². The van der Waals surface area contributed by atoms with E-state index in [0.29, 0.717) is 16.0 Å². The molecular formula is C17H13BFNO3S. The molecular weight excluding hydrogens is 328 g/mol. The lowest BCUT2D eigenvalue weighted by Crippen LogP contribution is -2.30. The maximum atomic E-state index is 13.0. The number of anilines is 1. The lowest BCUT2D eigenvalue weighted by molar-refractivity contribution is 0.103. The quantitative estimate of drug-likeness (QED) is 0.639. The molecule has 0 unspecified atom stereocenters. The van der Waals surface area contributed by atoms with Crippen LogP contribution in [0.5, 0.6) is 0 Å². The summed E-state index contributed by atoms with van der Waals surface area (Å²) in [6.45, 7) is 0. The third kappa shape index (κ3) is 3.71. The minimum Gasteiger partial charge on any atom is -0.423 e. The maximum absolute atomic E-state index is 13.0. The second-order valence-electron chi connectivity index (χ2n) is 5.12. The van der Waals surface area contributed by atoms with Crippen LogP contribution in [0, 0.1) is 5.82 Å². The molecule has 0 spiro atoms. The molecule has 3 rings (SSSR count). The van der Waals surface area contributed by atoms with Crippen molar-refractivity contribution in [3.63, 3.8) is 0 Å². The van der Waals surface area contributed by atoms with Gasteiger partial charge in [0.2, 0.25) is 0 Å². The van der Waals surface area contributed by atoms with E-state index in [1.54, 1.807) is 42.5 Å². The molecule has 3 aromatic rings. The molecule has 1 aromatic heterocycles. The Hall–Kier alpha value is -2.48. The Kier molecular flexibility index (Phi) is 4.75. The van der Waals surface area contributed by atoms with Crippen molar-refractivity contribution < 1.29 is 19.2 Å². The van der Waals surface area contributed by atoms with E-state index in [9.17, 15) is 9.18 Å². The first-order chi connectivity index (χ1) is 11.5. The molecule has 3 N–H and O–H groups in total. The predicted molar refractivity (Wildman–Crippen MR) is 93.9 cm³/mol. The van der Waals surface area contributed by atoms with E-state index < -0.39 is 7.12 Å². The molecule has 0 saturated heterocycles. The maximum Gasteiger partial charge on any atom is 0.488 e. The average molecular weight is 341 g/mol. The number of halogens is 1. The van der Waals surface area contributed by atoms with Gasteiger partial charge >= 0.3 is 7.12 Å². The molecule has 0 fully saturated rings. The zero-order chi connectivity index (χ0) is 17.1. The predicted octanol–water partition coefficient (Wildman–Crippen LogP) is 2.49. The number of amides is 1. The standard InChI is InChI=1S/C17H13BFNO3S/c19-13-6-4-11(5-7-13)15-8-9-16(24-15)17(21)20-14-3-1-2-12(10-14)18(22)23/h1-10,22-23H,(H,20,21). The van der Waals surface area contributed by atoms with Crippen molar-refractivity contribution in [2.75, 3.05) is 5.32 Å². The van der Waals surface area contributed by atoms with Crippen molar-refractivity contribution in [3.8, 4) is 10.4 Å². The van der Waals surface area contributed by atoms with E-state index in [4.69, 9.17) is 10.0 Å². The minimum absolute atomic E-state index is 0.294. The summed E-state index contributed by atoms with van der Waals surface area (Å²) in [5.74, 6) is -0.600. The van der Waals surface area contributed by atoms with Gasteiger partial charge in [0, 0.05) is 10.6 Å². The van der Waals surface area contributed by atoms with Gasteiger partial charge in [-0.2, -0.15) is 0 Å². The highest BCUT2D eigenvalue weighted by Gasteiger charge is 2.14. The normalized spacial score (nSPS) is 10.5. The van der Waals surface area contributed by atoms with Crippen LogP contribution >= 0.6 is 11.3 Å². The van der Waals surface area contributed by atoms with Crippen LogP contribution in [-0.4, -0.2) is 23.1 Å². The largest absolute Gasteiger partial charge is 0.488 e. The molecule has 4 nitrogen and oxygen atoms in total. The number of benzene rings is 2. The van der Waals surface area contributed by atoms with Crippen LogP contribution in [-0.2, 0) is 0 Å². The minimum atomic E-state index is -1.59. The number of thiophene rings is 1. The Morgan fingerprint density at radius 3 is 2.50 bits per heavy atom. The van der Waals surface area contributed by atoms with E-state index in [-0.39, 0.29) is 11.7 Å². The Balaban J connectivity index is 1.76. The van der Waals surface area contributed by atoms with Gasteiger partial charge < -0.3 is 15.4 Å². The van der Waals surface area contributed by atoms with Crippen LogP contribution in [0.2, 0.25) is 0 Å². The SMILES string of the molecule is O=C(Nc1cccc(B(O)O)c1)c1ccc(-c2ccc(F)cc2)s1. The summed E-state index contributed by atoms with van der Waals surface area (Å²) < 4.78 is 13.0. The zero-order valence-corrected chi connectivity index (χ0v) is 13.3. The van der Waals surface area contributed by atoms with Gasteiger partial charge in [0.25, 0.3) is 5.91 Å². The highest BCUT2D eigenvalue weighted by atomic mass is 32.1. The van der Waals surface area contributed by atoms with Crippen molar-refractivity contribution in [1.82, 2.24) is 0 Å². The van der Waals surface area contributed by atoms with Crippen LogP contribution in [0.15, 0.2) is 60.7 Å².